The molecule has 0 aliphatic carbocycles. The summed E-state index contributed by atoms with van der Waals surface area (Å²) in [4.78, 5) is 16.4. The predicted octanol–water partition coefficient (Wildman–Crippen LogP) is 1.92. The maximum atomic E-state index is 12.4. The zero-order valence-corrected chi connectivity index (χ0v) is 12.7. The van der Waals surface area contributed by atoms with E-state index in [0.29, 0.717) is 13.0 Å². The minimum absolute atomic E-state index is 0.0689. The molecule has 1 amide bonds. The highest BCUT2D eigenvalue weighted by Crippen LogP contribution is 2.11. The molecule has 0 spiro atoms. The molecule has 21 heavy (non-hydrogen) atoms. The van der Waals surface area contributed by atoms with Gasteiger partial charge in [0.25, 0.3) is 0 Å². The highest BCUT2D eigenvalue weighted by Gasteiger charge is 2.22. The first-order valence-electron chi connectivity index (χ1n) is 7.61. The number of carbonyl (C=O) groups is 1. The molecule has 1 aliphatic heterocycles. The number of amides is 1. The van der Waals surface area contributed by atoms with Crippen LogP contribution >= 0.6 is 0 Å². The SMILES string of the molecule is CN(CCN1CCCC1)C(=O)C(C#N)Cc1ccccc1. The second-order valence-corrected chi connectivity index (χ2v) is 5.68. The molecule has 0 radical (unpaired) electrons. The first kappa shape index (κ1) is 15.5. The Labute approximate surface area is 127 Å². The number of likely N-dealkylation sites (N-methyl/N-ethyl adjacent to an activating group) is 1. The Hall–Kier alpha value is -1.86. The van der Waals surface area contributed by atoms with Crippen molar-refractivity contribution in [2.24, 2.45) is 5.92 Å². The number of hydrogen-bond donors (Lipinski definition) is 0. The van der Waals surface area contributed by atoms with Gasteiger partial charge in [-0.25, -0.2) is 0 Å². The van der Waals surface area contributed by atoms with Crippen molar-refractivity contribution in [1.82, 2.24) is 9.80 Å². The van der Waals surface area contributed by atoms with Crippen LogP contribution in [0, 0.1) is 17.2 Å². The van der Waals surface area contributed by atoms with E-state index in [2.05, 4.69) is 11.0 Å². The number of rotatable bonds is 6. The number of nitriles is 1. The fraction of sp³-hybridized carbons (Fsp3) is 0.529. The fourth-order valence-corrected chi connectivity index (χ4v) is 2.71. The maximum absolute atomic E-state index is 12.4. The van der Waals surface area contributed by atoms with Gasteiger partial charge < -0.3 is 9.80 Å². The molecule has 2 rings (SSSR count). The average Bonchev–Trinajstić information content (AvgIpc) is 3.04. The molecule has 4 nitrogen and oxygen atoms in total. The summed E-state index contributed by atoms with van der Waals surface area (Å²) >= 11 is 0. The van der Waals surface area contributed by atoms with Gasteiger partial charge >= 0.3 is 0 Å². The van der Waals surface area contributed by atoms with E-state index in [-0.39, 0.29) is 5.91 Å². The maximum Gasteiger partial charge on any atom is 0.240 e. The van der Waals surface area contributed by atoms with E-state index in [4.69, 9.17) is 0 Å². The van der Waals surface area contributed by atoms with E-state index in [9.17, 15) is 10.1 Å². The van der Waals surface area contributed by atoms with E-state index in [1.165, 1.54) is 12.8 Å². The van der Waals surface area contributed by atoms with Gasteiger partial charge in [0.05, 0.1) is 6.07 Å². The van der Waals surface area contributed by atoms with E-state index >= 15 is 0 Å². The molecule has 1 aliphatic rings. The molecule has 1 aromatic rings. The Balaban J connectivity index is 1.85. The van der Waals surface area contributed by atoms with Crippen molar-refractivity contribution in [1.29, 1.82) is 5.26 Å². The van der Waals surface area contributed by atoms with Gasteiger partial charge in [0.1, 0.15) is 5.92 Å². The lowest BCUT2D eigenvalue weighted by atomic mass is 9.99. The van der Waals surface area contributed by atoms with E-state index in [1.807, 2.05) is 30.3 Å². The van der Waals surface area contributed by atoms with E-state index in [1.54, 1.807) is 11.9 Å². The largest absolute Gasteiger partial charge is 0.343 e. The van der Waals surface area contributed by atoms with Crippen LogP contribution in [0.5, 0.6) is 0 Å². The molecule has 1 heterocycles. The molecule has 0 saturated carbocycles. The Kier molecular flexibility index (Phi) is 5.77. The summed E-state index contributed by atoms with van der Waals surface area (Å²) < 4.78 is 0. The Morgan fingerprint density at radius 3 is 2.62 bits per heavy atom. The number of hydrogen-bond acceptors (Lipinski definition) is 3. The minimum atomic E-state index is -0.587. The van der Waals surface area contributed by atoms with Gasteiger partial charge in [0.2, 0.25) is 5.91 Å². The molecule has 1 atom stereocenters. The molecule has 0 N–H and O–H groups in total. The normalized spacial score (nSPS) is 16.4. The molecule has 0 aromatic heterocycles. The molecular weight excluding hydrogens is 262 g/mol. The van der Waals surface area contributed by atoms with E-state index < -0.39 is 5.92 Å². The second kappa shape index (κ2) is 7.80. The van der Waals surface area contributed by atoms with Crippen molar-refractivity contribution < 1.29 is 4.79 Å². The first-order chi connectivity index (χ1) is 10.2. The van der Waals surface area contributed by atoms with E-state index in [0.717, 1.165) is 25.2 Å². The highest BCUT2D eigenvalue weighted by molar-refractivity contribution is 5.81. The number of likely N-dealkylation sites (tertiary alicyclic amines) is 1. The first-order valence-corrected chi connectivity index (χ1v) is 7.61. The molecule has 1 aromatic carbocycles. The minimum Gasteiger partial charge on any atom is -0.343 e. The van der Waals surface area contributed by atoms with Crippen LogP contribution in [-0.4, -0.2) is 48.9 Å². The predicted molar refractivity (Wildman–Crippen MR) is 82.6 cm³/mol. The summed E-state index contributed by atoms with van der Waals surface area (Å²) in [5.74, 6) is -0.656. The van der Waals surface area contributed by atoms with Crippen molar-refractivity contribution in [3.63, 3.8) is 0 Å². The lowest BCUT2D eigenvalue weighted by Gasteiger charge is -2.23. The smallest absolute Gasteiger partial charge is 0.240 e. The van der Waals surface area contributed by atoms with Gasteiger partial charge in [0, 0.05) is 20.1 Å². The monoisotopic (exact) mass is 285 g/mol. The molecule has 1 unspecified atom stereocenters. The fourth-order valence-electron chi connectivity index (χ4n) is 2.71. The number of benzene rings is 1. The Bertz CT molecular complexity index is 489. The van der Waals surface area contributed by atoms with Crippen LogP contribution in [0.4, 0.5) is 0 Å². The van der Waals surface area contributed by atoms with Gasteiger partial charge in [0.15, 0.2) is 0 Å². The van der Waals surface area contributed by atoms with Crippen molar-refractivity contribution in [3.8, 4) is 6.07 Å². The van der Waals surface area contributed by atoms with Crippen molar-refractivity contribution in [2.75, 3.05) is 33.2 Å². The van der Waals surface area contributed by atoms with Gasteiger partial charge in [-0.1, -0.05) is 30.3 Å². The average molecular weight is 285 g/mol. The van der Waals surface area contributed by atoms with Crippen LogP contribution in [0.2, 0.25) is 0 Å². The zero-order chi connectivity index (χ0) is 15.1. The third-order valence-electron chi connectivity index (χ3n) is 4.06. The van der Waals surface area contributed by atoms with Crippen molar-refractivity contribution in [2.45, 2.75) is 19.3 Å². The van der Waals surface area contributed by atoms with Crippen LogP contribution in [0.1, 0.15) is 18.4 Å². The molecule has 1 saturated heterocycles. The van der Waals surface area contributed by atoms with Crippen LogP contribution in [0.25, 0.3) is 0 Å². The lowest BCUT2D eigenvalue weighted by molar-refractivity contribution is -0.132. The summed E-state index contributed by atoms with van der Waals surface area (Å²) in [5.41, 5.74) is 1.03. The third-order valence-corrected chi connectivity index (χ3v) is 4.06. The summed E-state index contributed by atoms with van der Waals surface area (Å²) in [6.07, 6.45) is 3.00. The van der Waals surface area contributed by atoms with Crippen LogP contribution < -0.4 is 0 Å². The molecule has 0 bridgehead atoms. The summed E-state index contributed by atoms with van der Waals surface area (Å²) in [5, 5.41) is 9.28. The quantitative estimate of drug-likeness (QED) is 0.802. The second-order valence-electron chi connectivity index (χ2n) is 5.68. The topological polar surface area (TPSA) is 47.3 Å². The number of nitrogens with zero attached hydrogens (tertiary/aromatic N) is 3. The van der Waals surface area contributed by atoms with Gasteiger partial charge in [-0.2, -0.15) is 5.26 Å². The van der Waals surface area contributed by atoms with Gasteiger partial charge in [-0.05, 0) is 37.9 Å². The molecule has 4 heteroatoms. The summed E-state index contributed by atoms with van der Waals surface area (Å²) in [6.45, 7) is 3.87. The Morgan fingerprint density at radius 2 is 2.00 bits per heavy atom. The number of carbonyl (C=O) groups excluding carboxylic acids is 1. The highest BCUT2D eigenvalue weighted by atomic mass is 16.2. The Morgan fingerprint density at radius 1 is 1.33 bits per heavy atom. The van der Waals surface area contributed by atoms with Crippen molar-refractivity contribution in [3.05, 3.63) is 35.9 Å². The molecule has 112 valence electrons. The summed E-state index contributed by atoms with van der Waals surface area (Å²) in [6, 6.07) is 11.9. The van der Waals surface area contributed by atoms with Gasteiger partial charge in [-0.3, -0.25) is 4.79 Å². The van der Waals surface area contributed by atoms with Crippen LogP contribution in [0.15, 0.2) is 30.3 Å². The summed E-state index contributed by atoms with van der Waals surface area (Å²) in [7, 11) is 1.80. The third kappa shape index (κ3) is 4.57. The standard InChI is InChI=1S/C17H23N3O/c1-19(11-12-20-9-5-6-10-20)17(21)16(14-18)13-15-7-3-2-4-8-15/h2-4,7-8,16H,5-6,9-13H2,1H3. The van der Waals surface area contributed by atoms with Gasteiger partial charge in [-0.15, -0.1) is 0 Å². The van der Waals surface area contributed by atoms with Crippen molar-refractivity contribution >= 4 is 5.91 Å². The zero-order valence-electron chi connectivity index (χ0n) is 12.7. The molecular formula is C17H23N3O. The lowest BCUT2D eigenvalue weighted by Crippen LogP contribution is -2.38. The van der Waals surface area contributed by atoms with Crippen LogP contribution in [0.3, 0.4) is 0 Å². The van der Waals surface area contributed by atoms with Crippen LogP contribution in [-0.2, 0) is 11.2 Å². The molecule has 1 fully saturated rings.